The van der Waals surface area contributed by atoms with Gasteiger partial charge in [-0.15, -0.1) is 0 Å². The molecule has 1 unspecified atom stereocenters. The Kier molecular flexibility index (Phi) is 5.56. The molecular formula is C13H15N3O6. The van der Waals surface area contributed by atoms with Crippen molar-refractivity contribution in [3.05, 3.63) is 39.9 Å². The molecule has 1 aromatic rings. The first kappa shape index (κ1) is 17.1. The summed E-state index contributed by atoms with van der Waals surface area (Å²) in [7, 11) is 0. The molecule has 0 aliphatic carbocycles. The topological polar surface area (TPSA) is 139 Å². The van der Waals surface area contributed by atoms with Crippen LogP contribution in [0.25, 0.3) is 0 Å². The van der Waals surface area contributed by atoms with E-state index < -0.39 is 34.8 Å². The summed E-state index contributed by atoms with van der Waals surface area (Å²) in [5, 5.41) is 23.9. The zero-order valence-electron chi connectivity index (χ0n) is 11.9. The van der Waals surface area contributed by atoms with Crippen molar-refractivity contribution in [2.24, 2.45) is 0 Å². The van der Waals surface area contributed by atoms with Crippen LogP contribution in [0.1, 0.15) is 24.2 Å². The molecule has 0 aromatic heterocycles. The minimum absolute atomic E-state index is 0.0279. The quantitative estimate of drug-likeness (QED) is 0.510. The van der Waals surface area contributed by atoms with Crippen LogP contribution in [0.2, 0.25) is 0 Å². The molecule has 0 spiro atoms. The number of carboxylic acid groups (broad SMARTS) is 1. The van der Waals surface area contributed by atoms with Crippen LogP contribution < -0.4 is 10.6 Å². The smallest absolute Gasteiger partial charge is 0.325 e. The number of amides is 2. The lowest BCUT2D eigenvalue weighted by molar-refractivity contribution is -0.384. The van der Waals surface area contributed by atoms with Crippen LogP contribution in [0.4, 0.5) is 5.69 Å². The van der Waals surface area contributed by atoms with Crippen molar-refractivity contribution in [3.8, 4) is 0 Å². The zero-order chi connectivity index (χ0) is 16.9. The first-order valence-electron chi connectivity index (χ1n) is 6.31. The number of hydrogen-bond acceptors (Lipinski definition) is 5. The molecule has 3 N–H and O–H groups in total. The van der Waals surface area contributed by atoms with E-state index in [4.69, 9.17) is 5.11 Å². The number of nitrogens with one attached hydrogen (secondary N) is 2. The lowest BCUT2D eigenvalue weighted by atomic mass is 10.1. The first-order valence-corrected chi connectivity index (χ1v) is 6.31. The highest BCUT2D eigenvalue weighted by Crippen LogP contribution is 2.13. The molecule has 0 heterocycles. The van der Waals surface area contributed by atoms with Crippen LogP contribution in [0, 0.1) is 10.1 Å². The van der Waals surface area contributed by atoms with Crippen molar-refractivity contribution in [2.45, 2.75) is 25.9 Å². The van der Waals surface area contributed by atoms with E-state index in [0.29, 0.717) is 0 Å². The average Bonchev–Trinajstić information content (AvgIpc) is 2.46. The predicted molar refractivity (Wildman–Crippen MR) is 75.3 cm³/mol. The van der Waals surface area contributed by atoms with Crippen LogP contribution in [0.5, 0.6) is 0 Å². The van der Waals surface area contributed by atoms with Gasteiger partial charge in [-0.2, -0.15) is 0 Å². The Balaban J connectivity index is 2.71. The second-order valence-electron chi connectivity index (χ2n) is 4.57. The minimum Gasteiger partial charge on any atom is -0.480 e. The number of aliphatic carboxylic acids is 1. The Morgan fingerprint density at radius 1 is 1.18 bits per heavy atom. The summed E-state index contributed by atoms with van der Waals surface area (Å²) in [4.78, 5) is 44.3. The first-order chi connectivity index (χ1) is 10.2. The van der Waals surface area contributed by atoms with Gasteiger partial charge < -0.3 is 15.7 Å². The fraction of sp³-hybridized carbons (Fsp3) is 0.308. The molecule has 0 radical (unpaired) electrons. The number of benzene rings is 1. The Bertz CT molecular complexity index is 616. The monoisotopic (exact) mass is 309 g/mol. The molecule has 0 saturated carbocycles. The van der Waals surface area contributed by atoms with Crippen molar-refractivity contribution < 1.29 is 24.4 Å². The average molecular weight is 309 g/mol. The Morgan fingerprint density at radius 2 is 1.82 bits per heavy atom. The Labute approximate surface area is 125 Å². The number of carbonyl (C=O) groups excluding carboxylic acids is 2. The van der Waals surface area contributed by atoms with Crippen LogP contribution >= 0.6 is 0 Å². The van der Waals surface area contributed by atoms with E-state index in [9.17, 15) is 24.5 Å². The molecule has 0 fully saturated rings. The summed E-state index contributed by atoms with van der Waals surface area (Å²) in [6.07, 6.45) is 0. The normalized spacial score (nSPS) is 12.8. The summed E-state index contributed by atoms with van der Waals surface area (Å²) < 4.78 is 0. The fourth-order valence-corrected chi connectivity index (χ4v) is 1.51. The Hall–Kier alpha value is -2.97. The van der Waals surface area contributed by atoms with E-state index in [0.717, 1.165) is 6.07 Å². The lowest BCUT2D eigenvalue weighted by Crippen LogP contribution is -2.49. The van der Waals surface area contributed by atoms with Gasteiger partial charge in [-0.25, -0.2) is 0 Å². The summed E-state index contributed by atoms with van der Waals surface area (Å²) in [6.45, 7) is 2.66. The second-order valence-corrected chi connectivity index (χ2v) is 4.57. The van der Waals surface area contributed by atoms with Gasteiger partial charge in [-0.05, 0) is 19.9 Å². The van der Waals surface area contributed by atoms with Gasteiger partial charge >= 0.3 is 5.97 Å². The third-order valence-corrected chi connectivity index (χ3v) is 2.79. The predicted octanol–water partition coefficient (Wildman–Crippen LogP) is 0.302. The number of carboxylic acids is 1. The van der Waals surface area contributed by atoms with Crippen molar-refractivity contribution >= 4 is 23.5 Å². The summed E-state index contributed by atoms with van der Waals surface area (Å²) >= 11 is 0. The molecule has 1 rings (SSSR count). The van der Waals surface area contributed by atoms with Crippen molar-refractivity contribution in [3.63, 3.8) is 0 Å². The van der Waals surface area contributed by atoms with Gasteiger partial charge in [-0.3, -0.25) is 24.5 Å². The number of rotatable bonds is 6. The van der Waals surface area contributed by atoms with Gasteiger partial charge in [0.1, 0.15) is 12.1 Å². The lowest BCUT2D eigenvalue weighted by Gasteiger charge is -2.16. The SMILES string of the molecule is CC(NC(=O)c1cccc([N+](=O)[O-])c1)C(=O)N[C@H](C)C(=O)O. The van der Waals surface area contributed by atoms with E-state index in [1.165, 1.54) is 32.0 Å². The number of nitro groups is 1. The van der Waals surface area contributed by atoms with Crippen molar-refractivity contribution in [2.75, 3.05) is 0 Å². The van der Waals surface area contributed by atoms with Gasteiger partial charge in [0.15, 0.2) is 0 Å². The molecule has 9 heteroatoms. The highest BCUT2D eigenvalue weighted by molar-refractivity contribution is 5.98. The van der Waals surface area contributed by atoms with Crippen molar-refractivity contribution in [1.82, 2.24) is 10.6 Å². The number of non-ortho nitro benzene ring substituents is 1. The second kappa shape index (κ2) is 7.16. The van der Waals surface area contributed by atoms with E-state index >= 15 is 0 Å². The fourth-order valence-electron chi connectivity index (χ4n) is 1.51. The van der Waals surface area contributed by atoms with Gasteiger partial charge in [0.25, 0.3) is 11.6 Å². The molecule has 0 aliphatic heterocycles. The van der Waals surface area contributed by atoms with Crippen LogP contribution in [-0.4, -0.2) is 39.9 Å². The van der Waals surface area contributed by atoms with Crippen LogP contribution in [0.15, 0.2) is 24.3 Å². The van der Waals surface area contributed by atoms with E-state index in [1.54, 1.807) is 0 Å². The maximum atomic E-state index is 11.9. The number of carbonyl (C=O) groups is 3. The van der Waals surface area contributed by atoms with E-state index in [-0.39, 0.29) is 11.3 Å². The van der Waals surface area contributed by atoms with E-state index in [2.05, 4.69) is 10.6 Å². The molecule has 0 bridgehead atoms. The number of nitro benzene ring substituents is 1. The molecule has 2 amide bonds. The molecule has 22 heavy (non-hydrogen) atoms. The molecule has 0 saturated heterocycles. The maximum Gasteiger partial charge on any atom is 0.325 e. The van der Waals surface area contributed by atoms with Crippen molar-refractivity contribution in [1.29, 1.82) is 0 Å². The minimum atomic E-state index is -1.20. The third-order valence-electron chi connectivity index (χ3n) is 2.79. The molecule has 0 aliphatic rings. The summed E-state index contributed by atoms with van der Waals surface area (Å²) in [5.74, 6) is -2.55. The largest absolute Gasteiger partial charge is 0.480 e. The van der Waals surface area contributed by atoms with Gasteiger partial charge in [-0.1, -0.05) is 6.07 Å². The van der Waals surface area contributed by atoms with Crippen LogP contribution in [-0.2, 0) is 9.59 Å². The Morgan fingerprint density at radius 3 is 2.36 bits per heavy atom. The number of hydrogen-bond donors (Lipinski definition) is 3. The number of nitrogens with zero attached hydrogens (tertiary/aromatic N) is 1. The molecule has 118 valence electrons. The molecule has 2 atom stereocenters. The third kappa shape index (κ3) is 4.54. The standard InChI is InChI=1S/C13H15N3O6/c1-7(11(17)15-8(2)13(19)20)14-12(18)9-4-3-5-10(6-9)16(21)22/h3-8H,1-2H3,(H,14,18)(H,15,17)(H,19,20)/t7?,8-/m1/s1. The molecule has 1 aromatic carbocycles. The van der Waals surface area contributed by atoms with Crippen LogP contribution in [0.3, 0.4) is 0 Å². The maximum absolute atomic E-state index is 11.9. The molecular weight excluding hydrogens is 294 g/mol. The summed E-state index contributed by atoms with van der Waals surface area (Å²) in [5.41, 5.74) is -0.218. The van der Waals surface area contributed by atoms with Gasteiger partial charge in [0, 0.05) is 17.7 Å². The van der Waals surface area contributed by atoms with E-state index in [1.807, 2.05) is 0 Å². The zero-order valence-corrected chi connectivity index (χ0v) is 11.9. The highest BCUT2D eigenvalue weighted by Gasteiger charge is 2.21. The summed E-state index contributed by atoms with van der Waals surface area (Å²) in [6, 6.07) is 2.96. The molecule has 9 nitrogen and oxygen atoms in total. The highest BCUT2D eigenvalue weighted by atomic mass is 16.6. The van der Waals surface area contributed by atoms with Gasteiger partial charge in [0.2, 0.25) is 5.91 Å². The van der Waals surface area contributed by atoms with Gasteiger partial charge in [0.05, 0.1) is 4.92 Å².